The number of carbonyl (C=O) groups excluding carboxylic acids is 2. The molecule has 0 spiro atoms. The number of amides is 1. The van der Waals surface area contributed by atoms with E-state index in [4.69, 9.17) is 9.47 Å². The van der Waals surface area contributed by atoms with Gasteiger partial charge in [-0.1, -0.05) is 30.3 Å². The number of H-pyrrole nitrogens is 1. The third kappa shape index (κ3) is 3.60. The molecule has 2 aromatic rings. The summed E-state index contributed by atoms with van der Waals surface area (Å²) >= 11 is 0. The minimum Gasteiger partial charge on any atom is -0.443 e. The molecule has 0 saturated carbocycles. The van der Waals surface area contributed by atoms with Crippen molar-refractivity contribution in [3.05, 3.63) is 59.9 Å². The summed E-state index contributed by atoms with van der Waals surface area (Å²) < 4.78 is 10.8. The number of aromatic nitrogens is 1. The van der Waals surface area contributed by atoms with Crippen LogP contribution in [0.2, 0.25) is 0 Å². The molecule has 1 saturated heterocycles. The van der Waals surface area contributed by atoms with Crippen molar-refractivity contribution in [3.63, 3.8) is 0 Å². The summed E-state index contributed by atoms with van der Waals surface area (Å²) in [5.74, 6) is -0.773. The quantitative estimate of drug-likeness (QED) is 0.873. The fraction of sp³-hybridized carbons (Fsp3) is 0.294. The first kappa shape index (κ1) is 15.3. The zero-order chi connectivity index (χ0) is 16.1. The maximum Gasteiger partial charge on any atom is 0.355 e. The summed E-state index contributed by atoms with van der Waals surface area (Å²) in [7, 11) is 0. The number of rotatable bonds is 4. The lowest BCUT2D eigenvalue weighted by Gasteiger charge is -2.30. The van der Waals surface area contributed by atoms with E-state index in [0.717, 1.165) is 0 Å². The Morgan fingerprint density at radius 2 is 1.83 bits per heavy atom. The van der Waals surface area contributed by atoms with Crippen molar-refractivity contribution >= 4 is 11.9 Å². The predicted octanol–water partition coefficient (Wildman–Crippen LogP) is 1.77. The number of nitrogens with zero attached hydrogens (tertiary/aromatic N) is 1. The normalized spacial score (nSPS) is 15.9. The molecule has 0 unspecified atom stereocenters. The van der Waals surface area contributed by atoms with E-state index >= 15 is 0 Å². The zero-order valence-corrected chi connectivity index (χ0v) is 12.6. The smallest absolute Gasteiger partial charge is 0.355 e. The summed E-state index contributed by atoms with van der Waals surface area (Å²) in [5, 5.41) is 0. The van der Waals surface area contributed by atoms with Crippen molar-refractivity contribution in [3.8, 4) is 0 Å². The summed E-state index contributed by atoms with van der Waals surface area (Å²) in [6.45, 7) is 2.00. The number of hydrogen-bond donors (Lipinski definition) is 1. The summed E-state index contributed by atoms with van der Waals surface area (Å²) in [6.07, 6.45) is 0.683. The molecule has 2 heterocycles. The Hall–Kier alpha value is -2.60. The van der Waals surface area contributed by atoms with Gasteiger partial charge in [-0.3, -0.25) is 4.79 Å². The molecule has 1 N–H and O–H groups in total. The average Bonchev–Trinajstić information content (AvgIpc) is 3.15. The largest absolute Gasteiger partial charge is 0.443 e. The Kier molecular flexibility index (Phi) is 4.73. The molecule has 0 bridgehead atoms. The Balaban J connectivity index is 1.81. The van der Waals surface area contributed by atoms with Gasteiger partial charge >= 0.3 is 5.97 Å². The van der Waals surface area contributed by atoms with Crippen LogP contribution in [-0.4, -0.2) is 48.1 Å². The standard InChI is InChI=1S/C17H18N2O4/c20-16(19-9-11-22-12-10-19)15(13-5-2-1-3-6-13)23-17(21)14-7-4-8-18-14/h1-8,15,18H,9-12H2/t15-/m1/s1. The maximum absolute atomic E-state index is 12.8. The molecule has 0 radical (unpaired) electrons. The number of morpholine rings is 1. The first-order chi connectivity index (χ1) is 11.3. The molecule has 23 heavy (non-hydrogen) atoms. The molecule has 1 aliphatic rings. The van der Waals surface area contributed by atoms with Gasteiger partial charge in [-0.15, -0.1) is 0 Å². The molecule has 1 atom stereocenters. The number of ether oxygens (including phenoxy) is 2. The van der Waals surface area contributed by atoms with E-state index in [-0.39, 0.29) is 5.91 Å². The lowest BCUT2D eigenvalue weighted by molar-refractivity contribution is -0.145. The van der Waals surface area contributed by atoms with Gasteiger partial charge in [0.1, 0.15) is 5.69 Å². The second-order valence-electron chi connectivity index (χ2n) is 5.22. The third-order valence-electron chi connectivity index (χ3n) is 3.69. The molecule has 1 aliphatic heterocycles. The van der Waals surface area contributed by atoms with Crippen molar-refractivity contribution in [1.29, 1.82) is 0 Å². The second-order valence-corrected chi connectivity index (χ2v) is 5.22. The van der Waals surface area contributed by atoms with Gasteiger partial charge in [-0.05, 0) is 12.1 Å². The van der Waals surface area contributed by atoms with Crippen LogP contribution in [0, 0.1) is 0 Å². The van der Waals surface area contributed by atoms with Crippen LogP contribution in [0.3, 0.4) is 0 Å². The first-order valence-electron chi connectivity index (χ1n) is 7.51. The number of aromatic amines is 1. The highest BCUT2D eigenvalue weighted by molar-refractivity contribution is 5.91. The van der Waals surface area contributed by atoms with Crippen LogP contribution in [0.5, 0.6) is 0 Å². The highest BCUT2D eigenvalue weighted by atomic mass is 16.5. The maximum atomic E-state index is 12.8. The van der Waals surface area contributed by atoms with Crippen LogP contribution in [-0.2, 0) is 14.3 Å². The third-order valence-corrected chi connectivity index (χ3v) is 3.69. The summed E-state index contributed by atoms with van der Waals surface area (Å²) in [6, 6.07) is 12.4. The molecule has 1 aromatic heterocycles. The van der Waals surface area contributed by atoms with Crippen molar-refractivity contribution in [1.82, 2.24) is 9.88 Å². The Morgan fingerprint density at radius 1 is 1.09 bits per heavy atom. The van der Waals surface area contributed by atoms with Gasteiger partial charge in [0.25, 0.3) is 5.91 Å². The number of carbonyl (C=O) groups is 2. The first-order valence-corrected chi connectivity index (χ1v) is 7.51. The number of hydrogen-bond acceptors (Lipinski definition) is 4. The fourth-order valence-corrected chi connectivity index (χ4v) is 2.47. The Bertz CT molecular complexity index is 648. The van der Waals surface area contributed by atoms with Gasteiger partial charge in [-0.25, -0.2) is 4.79 Å². The lowest BCUT2D eigenvalue weighted by atomic mass is 10.1. The van der Waals surface area contributed by atoms with Crippen LogP contribution >= 0.6 is 0 Å². The molecule has 1 aromatic carbocycles. The summed E-state index contributed by atoms with van der Waals surface area (Å²) in [4.78, 5) is 29.5. The molecule has 3 rings (SSSR count). The van der Waals surface area contributed by atoms with Crippen molar-refractivity contribution in [2.75, 3.05) is 26.3 Å². The van der Waals surface area contributed by atoms with Crippen LogP contribution in [0.4, 0.5) is 0 Å². The minimum atomic E-state index is -0.954. The van der Waals surface area contributed by atoms with Gasteiger partial charge in [0.15, 0.2) is 0 Å². The SMILES string of the molecule is O=C(O[C@@H](C(=O)N1CCOCC1)c1ccccc1)c1ccc[nH]1. The molecular weight excluding hydrogens is 296 g/mol. The van der Waals surface area contributed by atoms with Crippen LogP contribution in [0.15, 0.2) is 48.7 Å². The van der Waals surface area contributed by atoms with Gasteiger partial charge in [0.05, 0.1) is 13.2 Å². The van der Waals surface area contributed by atoms with E-state index in [1.807, 2.05) is 18.2 Å². The van der Waals surface area contributed by atoms with E-state index in [9.17, 15) is 9.59 Å². The van der Waals surface area contributed by atoms with Gasteiger partial charge in [-0.2, -0.15) is 0 Å². The van der Waals surface area contributed by atoms with E-state index in [1.54, 1.807) is 35.4 Å². The Morgan fingerprint density at radius 3 is 2.48 bits per heavy atom. The van der Waals surface area contributed by atoms with Crippen LogP contribution < -0.4 is 0 Å². The summed E-state index contributed by atoms with van der Waals surface area (Å²) in [5.41, 5.74) is 0.976. The average molecular weight is 314 g/mol. The fourth-order valence-electron chi connectivity index (χ4n) is 2.47. The van der Waals surface area contributed by atoms with E-state index in [2.05, 4.69) is 4.98 Å². The van der Waals surface area contributed by atoms with Gasteiger partial charge in [0.2, 0.25) is 6.10 Å². The van der Waals surface area contributed by atoms with Crippen molar-refractivity contribution in [2.45, 2.75) is 6.10 Å². The van der Waals surface area contributed by atoms with E-state index in [0.29, 0.717) is 37.6 Å². The predicted molar refractivity (Wildman–Crippen MR) is 82.8 cm³/mol. The number of esters is 1. The molecule has 0 aliphatic carbocycles. The van der Waals surface area contributed by atoms with Crippen LogP contribution in [0.1, 0.15) is 22.2 Å². The second kappa shape index (κ2) is 7.11. The van der Waals surface area contributed by atoms with E-state index < -0.39 is 12.1 Å². The minimum absolute atomic E-state index is 0.223. The number of benzene rings is 1. The highest BCUT2D eigenvalue weighted by Crippen LogP contribution is 2.22. The molecule has 6 heteroatoms. The molecular formula is C17H18N2O4. The van der Waals surface area contributed by atoms with Gasteiger partial charge in [0, 0.05) is 24.8 Å². The monoisotopic (exact) mass is 314 g/mol. The molecule has 6 nitrogen and oxygen atoms in total. The molecule has 1 fully saturated rings. The molecule has 1 amide bonds. The zero-order valence-electron chi connectivity index (χ0n) is 12.6. The van der Waals surface area contributed by atoms with Crippen molar-refractivity contribution in [2.24, 2.45) is 0 Å². The van der Waals surface area contributed by atoms with E-state index in [1.165, 1.54) is 0 Å². The number of nitrogens with one attached hydrogen (secondary N) is 1. The Labute approximate surface area is 134 Å². The lowest BCUT2D eigenvalue weighted by Crippen LogP contribution is -2.44. The topological polar surface area (TPSA) is 71.6 Å². The van der Waals surface area contributed by atoms with Crippen LogP contribution in [0.25, 0.3) is 0 Å². The van der Waals surface area contributed by atoms with Gasteiger partial charge < -0.3 is 19.4 Å². The molecule has 120 valence electrons. The highest BCUT2D eigenvalue weighted by Gasteiger charge is 2.30. The van der Waals surface area contributed by atoms with Crippen molar-refractivity contribution < 1.29 is 19.1 Å².